The van der Waals surface area contributed by atoms with Crippen LogP contribution in [-0.4, -0.2) is 56.1 Å². The number of aliphatic hydroxyl groups excluding tert-OH is 1. The van der Waals surface area contributed by atoms with Gasteiger partial charge in [0.15, 0.2) is 11.5 Å². The van der Waals surface area contributed by atoms with E-state index in [2.05, 4.69) is 0 Å². The number of amides is 1. The molecule has 3 aromatic rings. The van der Waals surface area contributed by atoms with E-state index in [0.717, 1.165) is 0 Å². The van der Waals surface area contributed by atoms with Crippen molar-refractivity contribution in [3.8, 4) is 17.2 Å². The molecule has 0 aromatic heterocycles. The van der Waals surface area contributed by atoms with Crippen LogP contribution in [0.25, 0.3) is 5.76 Å². The van der Waals surface area contributed by atoms with E-state index < -0.39 is 23.7 Å². The van der Waals surface area contributed by atoms with E-state index in [0.29, 0.717) is 33.9 Å². The number of carbonyl (C=O) groups excluding carboxylic acids is 3. The second-order valence-electron chi connectivity index (χ2n) is 8.46. The van der Waals surface area contributed by atoms with Crippen molar-refractivity contribution in [3.05, 3.63) is 94.6 Å². The molecule has 0 radical (unpaired) electrons. The Morgan fingerprint density at radius 1 is 0.842 bits per heavy atom. The van der Waals surface area contributed by atoms with Crippen molar-refractivity contribution in [1.29, 1.82) is 0 Å². The number of ketones is 1. The lowest BCUT2D eigenvalue weighted by atomic mass is 9.94. The molecule has 38 heavy (non-hydrogen) atoms. The van der Waals surface area contributed by atoms with Crippen LogP contribution in [0.2, 0.25) is 0 Å². The second-order valence-corrected chi connectivity index (χ2v) is 8.46. The minimum Gasteiger partial charge on any atom is -0.507 e. The topological polar surface area (TPSA) is 112 Å². The normalized spacial score (nSPS) is 16.3. The van der Waals surface area contributed by atoms with Crippen molar-refractivity contribution in [3.63, 3.8) is 0 Å². The van der Waals surface area contributed by atoms with E-state index in [1.54, 1.807) is 60.7 Å². The van der Waals surface area contributed by atoms with Gasteiger partial charge in [-0.15, -0.1) is 0 Å². The zero-order chi connectivity index (χ0) is 27.4. The maximum absolute atomic E-state index is 13.4. The molecular weight excluding hydrogens is 490 g/mol. The van der Waals surface area contributed by atoms with E-state index >= 15 is 0 Å². The monoisotopic (exact) mass is 517 g/mol. The lowest BCUT2D eigenvalue weighted by Gasteiger charge is -2.26. The summed E-state index contributed by atoms with van der Waals surface area (Å²) < 4.78 is 20.7. The summed E-state index contributed by atoms with van der Waals surface area (Å²) in [5, 5.41) is 11.4. The molecule has 9 nitrogen and oxygen atoms in total. The lowest BCUT2D eigenvalue weighted by Crippen LogP contribution is -2.29. The van der Waals surface area contributed by atoms with Gasteiger partial charge in [0.05, 0.1) is 45.6 Å². The first-order valence-corrected chi connectivity index (χ1v) is 11.6. The first-order valence-electron chi connectivity index (χ1n) is 11.6. The molecule has 1 heterocycles. The highest BCUT2D eigenvalue weighted by molar-refractivity contribution is 6.46. The molecule has 0 bridgehead atoms. The summed E-state index contributed by atoms with van der Waals surface area (Å²) in [7, 11) is 5.76. The SMILES string of the molecule is COC(=O)c1ccc(CN2C(=O)C(=O)/C(=C(\O)c3ccc(OC)c(OC)c3)C2c2cccc(OC)c2)cc1. The lowest BCUT2D eigenvalue weighted by molar-refractivity contribution is -0.140. The summed E-state index contributed by atoms with van der Waals surface area (Å²) in [5.74, 6) is -1.09. The Bertz CT molecular complexity index is 1410. The predicted octanol–water partition coefficient (Wildman–Crippen LogP) is 4.12. The number of methoxy groups -OCH3 is 4. The third kappa shape index (κ3) is 4.90. The third-order valence-electron chi connectivity index (χ3n) is 6.33. The minimum atomic E-state index is -0.904. The van der Waals surface area contributed by atoms with Crippen LogP contribution in [0.4, 0.5) is 0 Å². The first kappa shape index (κ1) is 26.3. The van der Waals surface area contributed by atoms with E-state index in [4.69, 9.17) is 18.9 Å². The molecular formula is C29H27NO8. The standard InChI is InChI=1S/C29H27NO8/c1-35-21-7-5-6-19(14-21)25-24(26(31)20-12-13-22(36-2)23(15-20)37-3)27(32)28(33)30(25)16-17-8-10-18(11-9-17)29(34)38-4/h5-15,25,31H,16H2,1-4H3/b26-24-. The largest absolute Gasteiger partial charge is 0.507 e. The summed E-state index contributed by atoms with van der Waals surface area (Å²) >= 11 is 0. The van der Waals surface area contributed by atoms with Crippen molar-refractivity contribution in [1.82, 2.24) is 4.90 Å². The third-order valence-corrected chi connectivity index (χ3v) is 6.33. The Morgan fingerprint density at radius 2 is 1.53 bits per heavy atom. The summed E-state index contributed by atoms with van der Waals surface area (Å²) in [6.45, 7) is 0.0522. The van der Waals surface area contributed by atoms with Crippen molar-refractivity contribution in [2.24, 2.45) is 0 Å². The molecule has 1 atom stereocenters. The highest BCUT2D eigenvalue weighted by atomic mass is 16.5. The number of Topliss-reactive ketones (excluding diaryl/α,β-unsaturated/α-hetero) is 1. The van der Waals surface area contributed by atoms with Crippen molar-refractivity contribution in [2.75, 3.05) is 28.4 Å². The average molecular weight is 518 g/mol. The number of rotatable bonds is 8. The van der Waals surface area contributed by atoms with Crippen LogP contribution in [0.1, 0.15) is 33.1 Å². The highest BCUT2D eigenvalue weighted by Crippen LogP contribution is 2.42. The van der Waals surface area contributed by atoms with Gasteiger partial charge in [0.25, 0.3) is 11.7 Å². The molecule has 0 aliphatic carbocycles. The highest BCUT2D eigenvalue weighted by Gasteiger charge is 2.46. The zero-order valence-corrected chi connectivity index (χ0v) is 21.4. The van der Waals surface area contributed by atoms with Crippen molar-refractivity contribution in [2.45, 2.75) is 12.6 Å². The van der Waals surface area contributed by atoms with Gasteiger partial charge in [0.2, 0.25) is 0 Å². The molecule has 1 aliphatic heterocycles. The number of benzene rings is 3. The van der Waals surface area contributed by atoms with Gasteiger partial charge in [-0.2, -0.15) is 0 Å². The van der Waals surface area contributed by atoms with Crippen LogP contribution < -0.4 is 14.2 Å². The average Bonchev–Trinajstić information content (AvgIpc) is 3.21. The number of likely N-dealkylation sites (tertiary alicyclic amines) is 1. The maximum Gasteiger partial charge on any atom is 0.337 e. The van der Waals surface area contributed by atoms with Crippen LogP contribution in [0.15, 0.2) is 72.3 Å². The molecule has 9 heteroatoms. The van der Waals surface area contributed by atoms with Gasteiger partial charge in [0.1, 0.15) is 11.5 Å². The van der Waals surface area contributed by atoms with E-state index in [9.17, 15) is 19.5 Å². The number of hydrogen-bond donors (Lipinski definition) is 1. The number of esters is 1. The Balaban J connectivity index is 1.83. The van der Waals surface area contributed by atoms with E-state index in [1.807, 2.05) is 0 Å². The van der Waals surface area contributed by atoms with Gasteiger partial charge in [-0.3, -0.25) is 9.59 Å². The molecule has 1 N–H and O–H groups in total. The van der Waals surface area contributed by atoms with Gasteiger partial charge in [-0.05, 0) is 53.6 Å². The predicted molar refractivity (Wildman–Crippen MR) is 138 cm³/mol. The number of ether oxygens (including phenoxy) is 4. The van der Waals surface area contributed by atoms with E-state index in [-0.39, 0.29) is 23.4 Å². The van der Waals surface area contributed by atoms with Crippen molar-refractivity contribution < 1.29 is 38.4 Å². The molecule has 196 valence electrons. The van der Waals surface area contributed by atoms with Gasteiger partial charge in [0, 0.05) is 12.1 Å². The van der Waals surface area contributed by atoms with Crippen LogP contribution in [-0.2, 0) is 20.9 Å². The second kappa shape index (κ2) is 11.1. The number of hydrogen-bond acceptors (Lipinski definition) is 8. The molecule has 1 unspecified atom stereocenters. The molecule has 0 spiro atoms. The molecule has 1 amide bonds. The van der Waals surface area contributed by atoms with Crippen LogP contribution in [0, 0.1) is 0 Å². The smallest absolute Gasteiger partial charge is 0.337 e. The number of aliphatic hydroxyl groups is 1. The Kier molecular flexibility index (Phi) is 7.66. The first-order chi connectivity index (χ1) is 18.3. The molecule has 4 rings (SSSR count). The van der Waals surface area contributed by atoms with Gasteiger partial charge >= 0.3 is 5.97 Å². The zero-order valence-electron chi connectivity index (χ0n) is 21.4. The maximum atomic E-state index is 13.4. The van der Waals surface area contributed by atoms with Crippen molar-refractivity contribution >= 4 is 23.4 Å². The fourth-order valence-electron chi connectivity index (χ4n) is 4.40. The minimum absolute atomic E-state index is 0.0522. The molecule has 1 fully saturated rings. The quantitative estimate of drug-likeness (QED) is 0.206. The Morgan fingerprint density at radius 3 is 2.16 bits per heavy atom. The van der Waals surface area contributed by atoms with Gasteiger partial charge in [-0.1, -0.05) is 24.3 Å². The fourth-order valence-corrected chi connectivity index (χ4v) is 4.40. The number of nitrogens with zero attached hydrogens (tertiary/aromatic N) is 1. The summed E-state index contributed by atoms with van der Waals surface area (Å²) in [6.07, 6.45) is 0. The molecule has 3 aromatic carbocycles. The van der Waals surface area contributed by atoms with Crippen LogP contribution in [0.5, 0.6) is 17.2 Å². The van der Waals surface area contributed by atoms with Gasteiger partial charge < -0.3 is 29.0 Å². The Labute approximate surface area is 219 Å². The molecule has 1 aliphatic rings. The van der Waals surface area contributed by atoms with Crippen LogP contribution >= 0.6 is 0 Å². The molecule has 0 saturated carbocycles. The Hall–Kier alpha value is -4.79. The van der Waals surface area contributed by atoms with E-state index in [1.165, 1.54) is 39.4 Å². The summed E-state index contributed by atoms with van der Waals surface area (Å²) in [6, 6.07) is 17.3. The summed E-state index contributed by atoms with van der Waals surface area (Å²) in [4.78, 5) is 39.9. The van der Waals surface area contributed by atoms with Gasteiger partial charge in [-0.25, -0.2) is 4.79 Å². The fraction of sp³-hybridized carbons (Fsp3) is 0.207. The molecule has 1 saturated heterocycles. The summed E-state index contributed by atoms with van der Waals surface area (Å²) in [5.41, 5.74) is 1.84. The number of carbonyl (C=O) groups is 3. The van der Waals surface area contributed by atoms with Crippen LogP contribution in [0.3, 0.4) is 0 Å².